The SMILES string of the molecule is CCOc1ccccc1NC(=O)C(C)Sc1nc(C)c(C)n1CC(C)C. The van der Waals surface area contributed by atoms with Crippen molar-refractivity contribution >= 4 is 23.4 Å². The maximum absolute atomic E-state index is 12.7. The average molecular weight is 376 g/mol. The molecule has 2 rings (SSSR count). The molecule has 0 radical (unpaired) electrons. The molecule has 2 aromatic rings. The van der Waals surface area contributed by atoms with E-state index in [9.17, 15) is 4.79 Å². The number of carbonyl (C=O) groups is 1. The maximum Gasteiger partial charge on any atom is 0.237 e. The van der Waals surface area contributed by atoms with Crippen molar-refractivity contribution in [3.05, 3.63) is 35.7 Å². The van der Waals surface area contributed by atoms with E-state index in [2.05, 4.69) is 35.6 Å². The highest BCUT2D eigenvalue weighted by atomic mass is 32.2. The topological polar surface area (TPSA) is 56.1 Å². The van der Waals surface area contributed by atoms with Crippen LogP contribution in [0.4, 0.5) is 5.69 Å². The predicted molar refractivity (Wildman–Crippen MR) is 108 cm³/mol. The summed E-state index contributed by atoms with van der Waals surface area (Å²) in [6.07, 6.45) is 0. The van der Waals surface area contributed by atoms with Crippen molar-refractivity contribution in [1.82, 2.24) is 9.55 Å². The molecule has 0 saturated carbocycles. The van der Waals surface area contributed by atoms with Crippen molar-refractivity contribution in [1.29, 1.82) is 0 Å². The minimum Gasteiger partial charge on any atom is -0.492 e. The van der Waals surface area contributed by atoms with Crippen LogP contribution in [-0.2, 0) is 11.3 Å². The highest BCUT2D eigenvalue weighted by Gasteiger charge is 2.21. The molecule has 0 bridgehead atoms. The molecule has 1 amide bonds. The first-order chi connectivity index (χ1) is 12.3. The molecule has 1 heterocycles. The number of hydrogen-bond donors (Lipinski definition) is 1. The van der Waals surface area contributed by atoms with Gasteiger partial charge in [-0.1, -0.05) is 37.7 Å². The average Bonchev–Trinajstić information content (AvgIpc) is 2.84. The van der Waals surface area contributed by atoms with Crippen molar-refractivity contribution in [2.45, 2.75) is 58.5 Å². The Kier molecular flexibility index (Phi) is 7.14. The van der Waals surface area contributed by atoms with Crippen LogP contribution in [0.2, 0.25) is 0 Å². The molecule has 0 aliphatic carbocycles. The van der Waals surface area contributed by atoms with Gasteiger partial charge in [-0.25, -0.2) is 4.98 Å². The number of hydrogen-bond acceptors (Lipinski definition) is 4. The molecule has 0 aliphatic heterocycles. The van der Waals surface area contributed by atoms with E-state index in [0.717, 1.165) is 23.1 Å². The summed E-state index contributed by atoms with van der Waals surface area (Å²) in [7, 11) is 0. The third-order valence-electron chi connectivity index (χ3n) is 4.07. The molecule has 0 aliphatic rings. The Morgan fingerprint density at radius 1 is 1.27 bits per heavy atom. The number of rotatable bonds is 8. The van der Waals surface area contributed by atoms with E-state index in [-0.39, 0.29) is 11.2 Å². The summed E-state index contributed by atoms with van der Waals surface area (Å²) >= 11 is 1.49. The number of amides is 1. The molecule has 1 aromatic heterocycles. The normalized spacial score (nSPS) is 12.3. The van der Waals surface area contributed by atoms with Gasteiger partial charge in [-0.2, -0.15) is 0 Å². The van der Waals surface area contributed by atoms with Crippen LogP contribution in [-0.4, -0.2) is 27.3 Å². The van der Waals surface area contributed by atoms with Gasteiger partial charge in [-0.05, 0) is 45.7 Å². The number of thioether (sulfide) groups is 1. The minimum atomic E-state index is -0.267. The van der Waals surface area contributed by atoms with Gasteiger partial charge in [0.25, 0.3) is 0 Å². The van der Waals surface area contributed by atoms with E-state index in [0.29, 0.717) is 24.0 Å². The lowest BCUT2D eigenvalue weighted by Crippen LogP contribution is -2.23. The Morgan fingerprint density at radius 3 is 2.62 bits per heavy atom. The van der Waals surface area contributed by atoms with Crippen LogP contribution in [0.5, 0.6) is 5.75 Å². The molecule has 6 heteroatoms. The second kappa shape index (κ2) is 9.12. The van der Waals surface area contributed by atoms with Gasteiger partial charge < -0.3 is 14.6 Å². The van der Waals surface area contributed by atoms with Gasteiger partial charge in [0.05, 0.1) is 23.2 Å². The molecule has 26 heavy (non-hydrogen) atoms. The lowest BCUT2D eigenvalue weighted by atomic mass is 10.2. The van der Waals surface area contributed by atoms with Crippen LogP contribution in [0.3, 0.4) is 0 Å². The third kappa shape index (κ3) is 5.04. The second-order valence-electron chi connectivity index (χ2n) is 6.75. The number of aromatic nitrogens is 2. The summed E-state index contributed by atoms with van der Waals surface area (Å²) in [6, 6.07) is 7.50. The molecule has 1 N–H and O–H groups in total. The Hall–Kier alpha value is -1.95. The highest BCUT2D eigenvalue weighted by molar-refractivity contribution is 8.00. The number of carbonyl (C=O) groups excluding carboxylic acids is 1. The van der Waals surface area contributed by atoms with Gasteiger partial charge in [0.1, 0.15) is 5.75 Å². The van der Waals surface area contributed by atoms with Crippen molar-refractivity contribution in [3.8, 4) is 5.75 Å². The zero-order valence-electron chi connectivity index (χ0n) is 16.5. The Labute approximate surface area is 160 Å². The fraction of sp³-hybridized carbons (Fsp3) is 0.500. The number of nitrogens with one attached hydrogen (secondary N) is 1. The van der Waals surface area contributed by atoms with Crippen LogP contribution in [0.1, 0.15) is 39.1 Å². The molecule has 5 nitrogen and oxygen atoms in total. The maximum atomic E-state index is 12.7. The van der Waals surface area contributed by atoms with Gasteiger partial charge in [0.15, 0.2) is 5.16 Å². The summed E-state index contributed by atoms with van der Waals surface area (Å²) in [5, 5.41) is 3.61. The van der Waals surface area contributed by atoms with Crippen molar-refractivity contribution in [2.75, 3.05) is 11.9 Å². The number of benzene rings is 1. The quantitative estimate of drug-likeness (QED) is 0.681. The van der Waals surface area contributed by atoms with E-state index < -0.39 is 0 Å². The standard InChI is InChI=1S/C20H29N3O2S/c1-7-25-18-11-9-8-10-17(18)22-19(24)16(6)26-20-21-14(4)15(5)23(20)12-13(2)3/h8-11,13,16H,7,12H2,1-6H3,(H,22,24). The highest BCUT2D eigenvalue weighted by Crippen LogP contribution is 2.29. The molecule has 0 fully saturated rings. The van der Waals surface area contributed by atoms with Crippen LogP contribution >= 0.6 is 11.8 Å². The lowest BCUT2D eigenvalue weighted by Gasteiger charge is -2.16. The van der Waals surface area contributed by atoms with Crippen LogP contribution < -0.4 is 10.1 Å². The summed E-state index contributed by atoms with van der Waals surface area (Å²) in [5.41, 5.74) is 2.88. The zero-order chi connectivity index (χ0) is 19.3. The Bertz CT molecular complexity index is 756. The number of nitrogens with zero attached hydrogens (tertiary/aromatic N) is 2. The third-order valence-corrected chi connectivity index (χ3v) is 5.16. The Balaban J connectivity index is 2.12. The molecule has 0 spiro atoms. The smallest absolute Gasteiger partial charge is 0.237 e. The summed E-state index contributed by atoms with van der Waals surface area (Å²) in [4.78, 5) is 17.3. The second-order valence-corrected chi connectivity index (χ2v) is 8.06. The van der Waals surface area contributed by atoms with Gasteiger partial charge in [-0.15, -0.1) is 0 Å². The lowest BCUT2D eigenvalue weighted by molar-refractivity contribution is -0.115. The summed E-state index contributed by atoms with van der Waals surface area (Å²) in [6.45, 7) is 13.8. The first kappa shape index (κ1) is 20.4. The van der Waals surface area contributed by atoms with Gasteiger partial charge >= 0.3 is 0 Å². The Morgan fingerprint density at radius 2 is 1.96 bits per heavy atom. The summed E-state index contributed by atoms with van der Waals surface area (Å²) < 4.78 is 7.79. The fourth-order valence-electron chi connectivity index (χ4n) is 2.59. The fourth-order valence-corrected chi connectivity index (χ4v) is 3.60. The zero-order valence-corrected chi connectivity index (χ0v) is 17.3. The van der Waals surface area contributed by atoms with Crippen molar-refractivity contribution < 1.29 is 9.53 Å². The molecular weight excluding hydrogens is 346 g/mol. The van der Waals surface area contributed by atoms with Crippen molar-refractivity contribution in [3.63, 3.8) is 0 Å². The predicted octanol–water partition coefficient (Wildman–Crippen LogP) is 4.67. The number of ether oxygens (including phenoxy) is 1. The van der Waals surface area contributed by atoms with E-state index in [1.54, 1.807) is 0 Å². The van der Waals surface area contributed by atoms with Gasteiger partial charge in [-0.3, -0.25) is 4.79 Å². The van der Waals surface area contributed by atoms with Gasteiger partial charge in [0, 0.05) is 12.2 Å². The largest absolute Gasteiger partial charge is 0.492 e. The van der Waals surface area contributed by atoms with E-state index in [1.165, 1.54) is 11.8 Å². The minimum absolute atomic E-state index is 0.0587. The molecule has 0 saturated heterocycles. The molecule has 142 valence electrons. The van der Waals surface area contributed by atoms with E-state index >= 15 is 0 Å². The number of para-hydroxylation sites is 2. The van der Waals surface area contributed by atoms with E-state index in [4.69, 9.17) is 4.74 Å². The number of imidazole rings is 1. The van der Waals surface area contributed by atoms with Crippen LogP contribution in [0.15, 0.2) is 29.4 Å². The first-order valence-electron chi connectivity index (χ1n) is 9.06. The van der Waals surface area contributed by atoms with Crippen LogP contribution in [0, 0.1) is 19.8 Å². The van der Waals surface area contributed by atoms with Crippen molar-refractivity contribution in [2.24, 2.45) is 5.92 Å². The molecule has 1 unspecified atom stereocenters. The molecular formula is C20H29N3O2S. The number of anilines is 1. The molecule has 1 atom stereocenters. The number of aryl methyl sites for hydroxylation is 1. The van der Waals surface area contributed by atoms with Crippen LogP contribution in [0.25, 0.3) is 0 Å². The monoisotopic (exact) mass is 375 g/mol. The first-order valence-corrected chi connectivity index (χ1v) is 9.94. The van der Waals surface area contributed by atoms with E-state index in [1.807, 2.05) is 45.0 Å². The molecule has 1 aromatic carbocycles. The van der Waals surface area contributed by atoms with Gasteiger partial charge in [0.2, 0.25) is 5.91 Å². The summed E-state index contributed by atoms with van der Waals surface area (Å²) in [5.74, 6) is 1.15.